The molecule has 0 saturated heterocycles. The lowest BCUT2D eigenvalue weighted by Gasteiger charge is -2.19. The molecule has 0 heterocycles. The predicted octanol–water partition coefficient (Wildman–Crippen LogP) is 6.92. The van der Waals surface area contributed by atoms with Crippen LogP contribution in [0.1, 0.15) is 66.2 Å². The zero-order valence-electron chi connectivity index (χ0n) is 17.7. The van der Waals surface area contributed by atoms with Gasteiger partial charge in [-0.1, -0.05) is 68.8 Å². The fraction of sp³-hybridized carbons (Fsp3) is 0.269. The average molecular weight is 422 g/mol. The van der Waals surface area contributed by atoms with Gasteiger partial charge in [-0.15, -0.1) is 0 Å². The summed E-state index contributed by atoms with van der Waals surface area (Å²) in [5, 5.41) is 3.83. The third kappa shape index (κ3) is 5.87. The summed E-state index contributed by atoms with van der Waals surface area (Å²) in [7, 11) is 0. The first-order valence-corrected chi connectivity index (χ1v) is 10.7. The molecule has 0 saturated carbocycles. The first-order chi connectivity index (χ1) is 14.5. The smallest absolute Gasteiger partial charge is 0.251 e. The summed E-state index contributed by atoms with van der Waals surface area (Å²) in [5.41, 5.74) is 3.99. The highest BCUT2D eigenvalue weighted by molar-refractivity contribution is 6.30. The van der Waals surface area contributed by atoms with Crippen LogP contribution in [0, 0.1) is 0 Å². The molecule has 3 aromatic rings. The van der Waals surface area contributed by atoms with E-state index in [0.29, 0.717) is 23.1 Å². The minimum atomic E-state index is -0.0804. The van der Waals surface area contributed by atoms with Crippen LogP contribution in [-0.4, -0.2) is 5.91 Å². The quantitative estimate of drug-likeness (QED) is 0.428. The number of amides is 1. The molecule has 156 valence electrons. The van der Waals surface area contributed by atoms with E-state index in [4.69, 9.17) is 16.3 Å². The fourth-order valence-electron chi connectivity index (χ4n) is 3.28. The molecular weight excluding hydrogens is 394 g/mol. The summed E-state index contributed by atoms with van der Waals surface area (Å²) < 4.78 is 5.79. The third-order valence-electron chi connectivity index (χ3n) is 5.13. The Morgan fingerprint density at radius 3 is 2.27 bits per heavy atom. The summed E-state index contributed by atoms with van der Waals surface area (Å²) >= 11 is 5.90. The lowest BCUT2D eigenvalue weighted by atomic mass is 9.98. The maximum Gasteiger partial charge on any atom is 0.251 e. The molecule has 3 aromatic carbocycles. The molecule has 1 atom stereocenters. The van der Waals surface area contributed by atoms with Gasteiger partial charge in [-0.2, -0.15) is 0 Å². The maximum atomic E-state index is 12.9. The number of benzene rings is 3. The topological polar surface area (TPSA) is 38.3 Å². The molecule has 30 heavy (non-hydrogen) atoms. The standard InChI is InChI=1S/C26H28ClNO2/c1-4-25(21-10-8-20(9-11-21)18(2)3)28-26(29)22-7-5-6-19(16-22)17-30-24-14-12-23(27)13-15-24/h5-16,18,25H,4,17H2,1-3H3,(H,28,29). The van der Waals surface area contributed by atoms with Gasteiger partial charge < -0.3 is 10.1 Å². The van der Waals surface area contributed by atoms with Crippen LogP contribution >= 0.6 is 11.6 Å². The van der Waals surface area contributed by atoms with Crippen LogP contribution in [0.3, 0.4) is 0 Å². The minimum absolute atomic E-state index is 0.0207. The number of carbonyl (C=O) groups excluding carboxylic acids is 1. The molecule has 3 rings (SSSR count). The highest BCUT2D eigenvalue weighted by Crippen LogP contribution is 2.22. The monoisotopic (exact) mass is 421 g/mol. The van der Waals surface area contributed by atoms with Gasteiger partial charge in [0, 0.05) is 10.6 Å². The fourth-order valence-corrected chi connectivity index (χ4v) is 3.40. The summed E-state index contributed by atoms with van der Waals surface area (Å²) in [4.78, 5) is 12.9. The first-order valence-electron chi connectivity index (χ1n) is 10.3. The van der Waals surface area contributed by atoms with E-state index in [1.165, 1.54) is 5.56 Å². The van der Waals surface area contributed by atoms with Crippen LogP contribution in [0.2, 0.25) is 5.02 Å². The van der Waals surface area contributed by atoms with Gasteiger partial charge in [0.1, 0.15) is 12.4 Å². The lowest BCUT2D eigenvalue weighted by Crippen LogP contribution is -2.28. The van der Waals surface area contributed by atoms with Gasteiger partial charge in [0.25, 0.3) is 5.91 Å². The Bertz CT molecular complexity index is 965. The zero-order chi connectivity index (χ0) is 21.5. The van der Waals surface area contributed by atoms with Crippen molar-refractivity contribution in [2.75, 3.05) is 0 Å². The van der Waals surface area contributed by atoms with E-state index in [2.05, 4.69) is 50.4 Å². The van der Waals surface area contributed by atoms with E-state index in [-0.39, 0.29) is 11.9 Å². The first kappa shape index (κ1) is 21.9. The molecule has 0 aliphatic carbocycles. The molecule has 0 fully saturated rings. The van der Waals surface area contributed by atoms with Gasteiger partial charge in [0.2, 0.25) is 0 Å². The van der Waals surface area contributed by atoms with Crippen molar-refractivity contribution >= 4 is 17.5 Å². The van der Waals surface area contributed by atoms with Crippen LogP contribution in [0.15, 0.2) is 72.8 Å². The van der Waals surface area contributed by atoms with Gasteiger partial charge in [-0.3, -0.25) is 4.79 Å². The van der Waals surface area contributed by atoms with Crippen LogP contribution in [-0.2, 0) is 6.61 Å². The maximum absolute atomic E-state index is 12.9. The van der Waals surface area contributed by atoms with E-state index in [9.17, 15) is 4.79 Å². The molecular formula is C26H28ClNO2. The molecule has 1 N–H and O–H groups in total. The van der Waals surface area contributed by atoms with Crippen molar-refractivity contribution in [3.8, 4) is 5.75 Å². The summed E-state index contributed by atoms with van der Waals surface area (Å²) in [5.74, 6) is 1.15. The molecule has 0 aliphatic heterocycles. The second-order valence-electron chi connectivity index (χ2n) is 7.70. The Kier molecular flexibility index (Phi) is 7.53. The number of ether oxygens (including phenoxy) is 1. The Labute approximate surface area is 184 Å². The Hall–Kier alpha value is -2.78. The molecule has 1 unspecified atom stereocenters. The average Bonchev–Trinajstić information content (AvgIpc) is 2.77. The van der Waals surface area contributed by atoms with Crippen molar-refractivity contribution in [2.45, 2.75) is 45.8 Å². The molecule has 1 amide bonds. The lowest BCUT2D eigenvalue weighted by molar-refractivity contribution is 0.0935. The Balaban J connectivity index is 1.65. The van der Waals surface area contributed by atoms with Gasteiger partial charge in [0.05, 0.1) is 6.04 Å². The molecule has 0 bridgehead atoms. The SMILES string of the molecule is CCC(NC(=O)c1cccc(COc2ccc(Cl)cc2)c1)c1ccc(C(C)C)cc1. The van der Waals surface area contributed by atoms with E-state index >= 15 is 0 Å². The van der Waals surface area contributed by atoms with Crippen molar-refractivity contribution in [1.29, 1.82) is 0 Å². The molecule has 4 heteroatoms. The van der Waals surface area contributed by atoms with Gasteiger partial charge >= 0.3 is 0 Å². The van der Waals surface area contributed by atoms with E-state index < -0.39 is 0 Å². The Morgan fingerprint density at radius 2 is 1.63 bits per heavy atom. The van der Waals surface area contributed by atoms with Crippen molar-refractivity contribution in [3.05, 3.63) is 100 Å². The van der Waals surface area contributed by atoms with Crippen LogP contribution in [0.25, 0.3) is 0 Å². The zero-order valence-corrected chi connectivity index (χ0v) is 18.4. The number of hydrogen-bond acceptors (Lipinski definition) is 2. The van der Waals surface area contributed by atoms with Crippen LogP contribution in [0.4, 0.5) is 0 Å². The molecule has 0 aromatic heterocycles. The molecule has 0 radical (unpaired) electrons. The number of halogens is 1. The van der Waals surface area contributed by atoms with Crippen LogP contribution in [0.5, 0.6) is 5.75 Å². The second kappa shape index (κ2) is 10.3. The van der Waals surface area contributed by atoms with Gasteiger partial charge in [0.15, 0.2) is 0 Å². The summed E-state index contributed by atoms with van der Waals surface area (Å²) in [6.45, 7) is 6.82. The predicted molar refractivity (Wildman–Crippen MR) is 123 cm³/mol. The number of carbonyl (C=O) groups is 1. The van der Waals surface area contributed by atoms with Crippen molar-refractivity contribution < 1.29 is 9.53 Å². The highest BCUT2D eigenvalue weighted by Gasteiger charge is 2.15. The second-order valence-corrected chi connectivity index (χ2v) is 8.14. The molecule has 0 spiro atoms. The minimum Gasteiger partial charge on any atom is -0.489 e. The Morgan fingerprint density at radius 1 is 0.967 bits per heavy atom. The van der Waals surface area contributed by atoms with E-state index in [1.807, 2.05) is 36.4 Å². The highest BCUT2D eigenvalue weighted by atomic mass is 35.5. The summed E-state index contributed by atoms with van der Waals surface area (Å²) in [6, 6.07) is 23.3. The van der Waals surface area contributed by atoms with Gasteiger partial charge in [-0.05, 0) is 65.4 Å². The van der Waals surface area contributed by atoms with E-state index in [0.717, 1.165) is 23.3 Å². The van der Waals surface area contributed by atoms with E-state index in [1.54, 1.807) is 12.1 Å². The number of nitrogens with one attached hydrogen (secondary N) is 1. The third-order valence-corrected chi connectivity index (χ3v) is 5.38. The number of rotatable bonds is 8. The van der Waals surface area contributed by atoms with Crippen LogP contribution < -0.4 is 10.1 Å². The van der Waals surface area contributed by atoms with Crippen molar-refractivity contribution in [1.82, 2.24) is 5.32 Å². The van der Waals surface area contributed by atoms with Gasteiger partial charge in [-0.25, -0.2) is 0 Å². The normalized spacial score (nSPS) is 11.9. The van der Waals surface area contributed by atoms with Crippen molar-refractivity contribution in [2.24, 2.45) is 0 Å². The van der Waals surface area contributed by atoms with Crippen molar-refractivity contribution in [3.63, 3.8) is 0 Å². The molecule has 3 nitrogen and oxygen atoms in total. The number of hydrogen-bond donors (Lipinski definition) is 1. The largest absolute Gasteiger partial charge is 0.489 e. The summed E-state index contributed by atoms with van der Waals surface area (Å²) in [6.07, 6.45) is 0.826. The molecule has 0 aliphatic rings.